The summed E-state index contributed by atoms with van der Waals surface area (Å²) in [6.45, 7) is 1.83. The molecule has 170 valence electrons. The van der Waals surface area contributed by atoms with Gasteiger partial charge in [0.2, 0.25) is 5.91 Å². The van der Waals surface area contributed by atoms with Crippen molar-refractivity contribution in [1.29, 1.82) is 0 Å². The molecule has 0 saturated heterocycles. The molecule has 1 fully saturated rings. The van der Waals surface area contributed by atoms with Crippen molar-refractivity contribution in [3.05, 3.63) is 86.6 Å². The molecule has 0 aromatic heterocycles. The first-order valence-corrected chi connectivity index (χ1v) is 11.8. The lowest BCUT2D eigenvalue weighted by Crippen LogP contribution is -2.43. The lowest BCUT2D eigenvalue weighted by atomic mass is 9.89. The Hall–Kier alpha value is -2.76. The van der Waals surface area contributed by atoms with Gasteiger partial charge < -0.3 is 15.1 Å². The van der Waals surface area contributed by atoms with E-state index in [1.165, 1.54) is 17.7 Å². The van der Waals surface area contributed by atoms with Gasteiger partial charge in [0.05, 0.1) is 17.5 Å². The van der Waals surface area contributed by atoms with Crippen LogP contribution < -0.4 is 4.90 Å². The summed E-state index contributed by atoms with van der Waals surface area (Å²) in [7, 11) is 0. The maximum atomic E-state index is 13.9. The number of hydrogen-bond acceptors (Lipinski definition) is 3. The molecule has 3 aliphatic rings. The zero-order valence-electron chi connectivity index (χ0n) is 18.0. The number of fused-ring (bicyclic) bond motifs is 1. The molecule has 3 atom stereocenters. The van der Waals surface area contributed by atoms with Gasteiger partial charge in [0.15, 0.2) is 0 Å². The number of rotatable bonds is 5. The highest BCUT2D eigenvalue weighted by atomic mass is 35.5. The van der Waals surface area contributed by atoms with Gasteiger partial charge in [0, 0.05) is 21.3 Å². The maximum absolute atomic E-state index is 13.9. The SMILES string of the molecule is CC1C=C(C(=O)O)C(O)=CC1N1C(=O)C(Cc2c(Cl)cccc2C2CC2)c2c(Cl)cccc21. The van der Waals surface area contributed by atoms with Gasteiger partial charge in [-0.1, -0.05) is 54.4 Å². The van der Waals surface area contributed by atoms with Crippen molar-refractivity contribution in [2.75, 3.05) is 4.90 Å². The molecule has 2 N–H and O–H groups in total. The molecular formula is C26H23Cl2NO4. The van der Waals surface area contributed by atoms with E-state index in [0.717, 1.165) is 24.0 Å². The third kappa shape index (κ3) is 3.73. The Morgan fingerprint density at radius 3 is 2.48 bits per heavy atom. The van der Waals surface area contributed by atoms with E-state index >= 15 is 0 Å². The minimum atomic E-state index is -1.20. The summed E-state index contributed by atoms with van der Waals surface area (Å²) in [5.74, 6) is -2.02. The first-order chi connectivity index (χ1) is 15.8. The van der Waals surface area contributed by atoms with E-state index in [0.29, 0.717) is 28.1 Å². The van der Waals surface area contributed by atoms with Crippen molar-refractivity contribution in [2.45, 2.75) is 44.1 Å². The highest BCUT2D eigenvalue weighted by Crippen LogP contribution is 2.49. The number of aliphatic hydroxyl groups excluding tert-OH is 1. The number of halogens is 2. The smallest absolute Gasteiger partial charge is 0.339 e. The lowest BCUT2D eigenvalue weighted by molar-refractivity contribution is -0.132. The van der Waals surface area contributed by atoms with E-state index in [1.807, 2.05) is 25.1 Å². The Bertz CT molecular complexity index is 1230. The fraction of sp³-hybridized carbons (Fsp3) is 0.308. The van der Waals surface area contributed by atoms with Gasteiger partial charge in [-0.05, 0) is 66.5 Å². The summed E-state index contributed by atoms with van der Waals surface area (Å²) in [5, 5.41) is 20.9. The minimum Gasteiger partial charge on any atom is -0.507 e. The predicted octanol–water partition coefficient (Wildman–Crippen LogP) is 6.01. The van der Waals surface area contributed by atoms with Crippen molar-refractivity contribution in [2.24, 2.45) is 5.92 Å². The molecule has 0 bridgehead atoms. The molecule has 1 aliphatic heterocycles. The van der Waals surface area contributed by atoms with Gasteiger partial charge >= 0.3 is 5.97 Å². The van der Waals surface area contributed by atoms with Gasteiger partial charge in [-0.25, -0.2) is 4.79 Å². The molecule has 2 aromatic carbocycles. The predicted molar refractivity (Wildman–Crippen MR) is 128 cm³/mol. The molecule has 5 nitrogen and oxygen atoms in total. The second-order valence-corrected chi connectivity index (χ2v) is 9.82. The van der Waals surface area contributed by atoms with Crippen molar-refractivity contribution < 1.29 is 19.8 Å². The Balaban J connectivity index is 1.56. The van der Waals surface area contributed by atoms with Crippen LogP contribution in [0.15, 0.2) is 59.9 Å². The van der Waals surface area contributed by atoms with Gasteiger partial charge in [-0.3, -0.25) is 4.79 Å². The van der Waals surface area contributed by atoms with E-state index in [2.05, 4.69) is 6.07 Å². The summed E-state index contributed by atoms with van der Waals surface area (Å²) in [4.78, 5) is 27.0. The third-order valence-corrected chi connectivity index (χ3v) is 7.54. The van der Waals surface area contributed by atoms with Crippen molar-refractivity contribution in [1.82, 2.24) is 0 Å². The maximum Gasteiger partial charge on any atom is 0.339 e. The minimum absolute atomic E-state index is 0.132. The van der Waals surface area contributed by atoms with E-state index in [9.17, 15) is 19.8 Å². The summed E-state index contributed by atoms with van der Waals surface area (Å²) < 4.78 is 0. The lowest BCUT2D eigenvalue weighted by Gasteiger charge is -2.32. The molecule has 33 heavy (non-hydrogen) atoms. The van der Waals surface area contributed by atoms with Crippen molar-refractivity contribution >= 4 is 40.8 Å². The second-order valence-electron chi connectivity index (χ2n) is 9.01. The van der Waals surface area contributed by atoms with Crippen LogP contribution >= 0.6 is 23.2 Å². The molecule has 1 heterocycles. The number of anilines is 1. The number of hydrogen-bond donors (Lipinski definition) is 2. The standard InChI is InChI=1S/C26H23Cl2NO4/c1-13-10-17(26(32)33)23(30)12-22(13)29-21-7-3-6-20(28)24(21)18(25(29)31)11-16-15(14-8-9-14)4-2-5-19(16)27/h2-7,10,12-14,18,22,30H,8-9,11H2,1H3,(H,32,33). The topological polar surface area (TPSA) is 77.8 Å². The number of nitrogens with zero attached hydrogens (tertiary/aromatic N) is 1. The summed E-state index contributed by atoms with van der Waals surface area (Å²) in [6.07, 6.45) is 5.62. The monoisotopic (exact) mass is 483 g/mol. The number of carboxylic acids is 1. The summed E-state index contributed by atoms with van der Waals surface area (Å²) in [5.41, 5.74) is 3.46. The Morgan fingerprint density at radius 2 is 1.79 bits per heavy atom. The number of aliphatic carboxylic acids is 1. The molecule has 0 radical (unpaired) electrons. The van der Waals surface area contributed by atoms with Crippen molar-refractivity contribution in [3.8, 4) is 0 Å². The van der Waals surface area contributed by atoms with E-state index in [4.69, 9.17) is 23.2 Å². The molecule has 1 amide bonds. The van der Waals surface area contributed by atoms with Gasteiger partial charge in [-0.15, -0.1) is 0 Å². The van der Waals surface area contributed by atoms with Crippen LogP contribution in [0, 0.1) is 5.92 Å². The molecule has 1 saturated carbocycles. The molecule has 5 rings (SSSR count). The molecule has 7 heteroatoms. The van der Waals surface area contributed by atoms with Crippen LogP contribution in [-0.4, -0.2) is 28.1 Å². The average molecular weight is 484 g/mol. The van der Waals surface area contributed by atoms with E-state index in [-0.39, 0.29) is 23.2 Å². The molecule has 3 unspecified atom stereocenters. The zero-order valence-corrected chi connectivity index (χ0v) is 19.5. The number of amides is 1. The van der Waals surface area contributed by atoms with Gasteiger partial charge in [-0.2, -0.15) is 0 Å². The second kappa shape index (κ2) is 8.23. The van der Waals surface area contributed by atoms with Crippen LogP contribution in [0.25, 0.3) is 0 Å². The normalized spacial score (nSPS) is 24.4. The van der Waals surface area contributed by atoms with E-state index < -0.39 is 17.9 Å². The van der Waals surface area contributed by atoms with Crippen molar-refractivity contribution in [3.63, 3.8) is 0 Å². The fourth-order valence-corrected chi connectivity index (χ4v) is 5.66. The van der Waals surface area contributed by atoms with Gasteiger partial charge in [0.1, 0.15) is 5.76 Å². The highest BCUT2D eigenvalue weighted by Gasteiger charge is 2.44. The van der Waals surface area contributed by atoms with Crippen LogP contribution in [-0.2, 0) is 16.0 Å². The Labute approximate surface area is 201 Å². The quantitative estimate of drug-likeness (QED) is 0.545. The number of benzene rings is 2. The average Bonchev–Trinajstić information content (AvgIpc) is 3.57. The first kappa shape index (κ1) is 22.1. The molecule has 0 spiro atoms. The largest absolute Gasteiger partial charge is 0.507 e. The fourth-order valence-electron chi connectivity index (χ4n) is 5.10. The number of aliphatic hydroxyl groups is 1. The molecule has 2 aliphatic carbocycles. The first-order valence-electron chi connectivity index (χ1n) is 11.0. The summed E-state index contributed by atoms with van der Waals surface area (Å²) in [6, 6.07) is 10.8. The number of carbonyl (C=O) groups excluding carboxylic acids is 1. The molecule has 2 aromatic rings. The highest BCUT2D eigenvalue weighted by molar-refractivity contribution is 6.33. The van der Waals surface area contributed by atoms with Gasteiger partial charge in [0.25, 0.3) is 0 Å². The van der Waals surface area contributed by atoms with Crippen LogP contribution in [0.2, 0.25) is 10.0 Å². The molecular weight excluding hydrogens is 461 g/mol. The van der Waals surface area contributed by atoms with Crippen LogP contribution in [0.1, 0.15) is 48.3 Å². The number of carbonyl (C=O) groups is 2. The van der Waals surface area contributed by atoms with Crippen LogP contribution in [0.3, 0.4) is 0 Å². The van der Waals surface area contributed by atoms with E-state index in [1.54, 1.807) is 17.0 Å². The Morgan fingerprint density at radius 1 is 1.09 bits per heavy atom. The Kier molecular flexibility index (Phi) is 5.50. The van der Waals surface area contributed by atoms with Crippen LogP contribution in [0.5, 0.6) is 0 Å². The summed E-state index contributed by atoms with van der Waals surface area (Å²) >= 11 is 13.2. The van der Waals surface area contributed by atoms with Crippen LogP contribution in [0.4, 0.5) is 5.69 Å². The third-order valence-electron chi connectivity index (χ3n) is 6.86. The number of carboxylic acid groups (broad SMARTS) is 1. The zero-order chi connectivity index (χ0) is 23.4.